The van der Waals surface area contributed by atoms with Crippen molar-refractivity contribution >= 4 is 16.9 Å². The van der Waals surface area contributed by atoms with E-state index < -0.39 is 11.9 Å². The summed E-state index contributed by atoms with van der Waals surface area (Å²) in [6, 6.07) is 24.2. The van der Waals surface area contributed by atoms with E-state index in [1.54, 1.807) is 37.6 Å². The highest BCUT2D eigenvalue weighted by Crippen LogP contribution is 2.31. The molecule has 0 bridgehead atoms. The van der Waals surface area contributed by atoms with Gasteiger partial charge < -0.3 is 14.6 Å². The van der Waals surface area contributed by atoms with Crippen LogP contribution in [0.15, 0.2) is 85.1 Å². The van der Waals surface area contributed by atoms with Gasteiger partial charge in [-0.15, -0.1) is 0 Å². The Labute approximate surface area is 174 Å². The lowest BCUT2D eigenvalue weighted by atomic mass is 9.91. The smallest absolute Gasteiger partial charge is 0.311 e. The molecule has 4 rings (SSSR count). The van der Waals surface area contributed by atoms with Gasteiger partial charge in [0.25, 0.3) is 0 Å². The molecule has 0 saturated carbocycles. The minimum Gasteiger partial charge on any atom is -0.496 e. The van der Waals surface area contributed by atoms with E-state index in [9.17, 15) is 9.90 Å². The van der Waals surface area contributed by atoms with Gasteiger partial charge in [0.2, 0.25) is 0 Å². The zero-order valence-corrected chi connectivity index (χ0v) is 16.5. The summed E-state index contributed by atoms with van der Waals surface area (Å²) in [5.74, 6) is 0.466. The van der Waals surface area contributed by atoms with Crippen LogP contribution in [-0.4, -0.2) is 23.2 Å². The van der Waals surface area contributed by atoms with Crippen LogP contribution in [0.2, 0.25) is 0 Å². The number of hydrogen-bond acceptors (Lipinski definition) is 4. The monoisotopic (exact) mass is 399 g/mol. The van der Waals surface area contributed by atoms with E-state index in [-0.39, 0.29) is 0 Å². The van der Waals surface area contributed by atoms with Gasteiger partial charge in [-0.05, 0) is 53.9 Å². The van der Waals surface area contributed by atoms with Crippen molar-refractivity contribution in [3.05, 3.63) is 96.2 Å². The molecule has 0 aliphatic rings. The minimum absolute atomic E-state index is 0.342. The van der Waals surface area contributed by atoms with E-state index in [1.807, 2.05) is 54.6 Å². The topological polar surface area (TPSA) is 68.7 Å². The van der Waals surface area contributed by atoms with E-state index in [0.717, 1.165) is 16.5 Å². The lowest BCUT2D eigenvalue weighted by Crippen LogP contribution is -2.15. The summed E-state index contributed by atoms with van der Waals surface area (Å²) in [5.41, 5.74) is 2.42. The Morgan fingerprint density at radius 3 is 2.43 bits per heavy atom. The third-order valence-electron chi connectivity index (χ3n) is 5.03. The number of fused-ring (bicyclic) bond motifs is 1. The Hall–Kier alpha value is -3.86. The second-order valence-electron chi connectivity index (χ2n) is 6.90. The predicted molar refractivity (Wildman–Crippen MR) is 115 cm³/mol. The molecule has 1 heterocycles. The molecule has 1 N–H and O–H groups in total. The van der Waals surface area contributed by atoms with Crippen molar-refractivity contribution in [2.24, 2.45) is 0 Å². The molecule has 4 aromatic rings. The standard InChI is InChI=1S/C25H21NO4/c1-29-23-9-5-2-6-18(23)16-21(25(27)28)17-10-12-19(13-11-17)30-24-14-15-26-22-8-4-3-7-20(22)24/h2-15,21H,16H2,1H3,(H,27,28). The Morgan fingerprint density at radius 1 is 0.933 bits per heavy atom. The first-order valence-corrected chi connectivity index (χ1v) is 9.62. The number of methoxy groups -OCH3 is 1. The number of ether oxygens (including phenoxy) is 2. The highest BCUT2D eigenvalue weighted by atomic mass is 16.5. The van der Waals surface area contributed by atoms with Gasteiger partial charge in [-0.25, -0.2) is 0 Å². The Morgan fingerprint density at radius 2 is 1.67 bits per heavy atom. The third-order valence-corrected chi connectivity index (χ3v) is 5.03. The fraction of sp³-hybridized carbons (Fsp3) is 0.120. The molecule has 3 aromatic carbocycles. The van der Waals surface area contributed by atoms with Gasteiger partial charge in [-0.3, -0.25) is 9.78 Å². The summed E-state index contributed by atoms with van der Waals surface area (Å²) in [6.45, 7) is 0. The number of benzene rings is 3. The van der Waals surface area contributed by atoms with Crippen molar-refractivity contribution in [3.8, 4) is 17.2 Å². The molecule has 0 spiro atoms. The van der Waals surface area contributed by atoms with Crippen LogP contribution < -0.4 is 9.47 Å². The number of aliphatic carboxylic acids is 1. The van der Waals surface area contributed by atoms with Crippen molar-refractivity contribution in [1.82, 2.24) is 4.98 Å². The number of rotatable bonds is 7. The summed E-state index contributed by atoms with van der Waals surface area (Å²) < 4.78 is 11.4. The molecule has 30 heavy (non-hydrogen) atoms. The van der Waals surface area contributed by atoms with E-state index >= 15 is 0 Å². The molecule has 0 aliphatic heterocycles. The summed E-state index contributed by atoms with van der Waals surface area (Å²) >= 11 is 0. The highest BCUT2D eigenvalue weighted by molar-refractivity contribution is 5.85. The Kier molecular flexibility index (Phi) is 5.61. The van der Waals surface area contributed by atoms with E-state index in [4.69, 9.17) is 9.47 Å². The summed E-state index contributed by atoms with van der Waals surface area (Å²) in [5, 5.41) is 10.7. The number of carboxylic acid groups (broad SMARTS) is 1. The van der Waals surface area contributed by atoms with Crippen LogP contribution in [0.3, 0.4) is 0 Å². The normalized spacial score (nSPS) is 11.8. The molecule has 1 aromatic heterocycles. The quantitative estimate of drug-likeness (QED) is 0.448. The number of pyridine rings is 1. The molecule has 5 heteroatoms. The SMILES string of the molecule is COc1ccccc1CC(C(=O)O)c1ccc(Oc2ccnc3ccccc23)cc1. The van der Waals surface area contributed by atoms with Crippen molar-refractivity contribution in [2.75, 3.05) is 7.11 Å². The molecule has 0 radical (unpaired) electrons. The van der Waals surface area contributed by atoms with Crippen LogP contribution in [-0.2, 0) is 11.2 Å². The number of aromatic nitrogens is 1. The molecule has 1 unspecified atom stereocenters. The van der Waals surface area contributed by atoms with E-state index in [2.05, 4.69) is 4.98 Å². The first-order valence-electron chi connectivity index (χ1n) is 9.62. The fourth-order valence-electron chi connectivity index (χ4n) is 3.49. The molecule has 150 valence electrons. The fourth-order valence-corrected chi connectivity index (χ4v) is 3.49. The molecular formula is C25H21NO4. The predicted octanol–water partition coefficient (Wildman–Crippen LogP) is 5.45. The van der Waals surface area contributed by atoms with Gasteiger partial charge in [0.15, 0.2) is 0 Å². The number of carboxylic acids is 1. The first-order chi connectivity index (χ1) is 14.7. The molecule has 0 fully saturated rings. The van der Waals surface area contributed by atoms with Crippen LogP contribution in [0.5, 0.6) is 17.2 Å². The van der Waals surface area contributed by atoms with Crippen molar-refractivity contribution in [1.29, 1.82) is 0 Å². The minimum atomic E-state index is -0.880. The van der Waals surface area contributed by atoms with E-state index in [0.29, 0.717) is 29.2 Å². The largest absolute Gasteiger partial charge is 0.496 e. The third kappa shape index (κ3) is 4.10. The van der Waals surface area contributed by atoms with Crippen molar-refractivity contribution in [3.63, 3.8) is 0 Å². The van der Waals surface area contributed by atoms with Gasteiger partial charge in [-0.2, -0.15) is 0 Å². The van der Waals surface area contributed by atoms with Crippen LogP contribution >= 0.6 is 0 Å². The van der Waals surface area contributed by atoms with Crippen molar-refractivity contribution < 1.29 is 19.4 Å². The Balaban J connectivity index is 1.57. The van der Waals surface area contributed by atoms with Gasteiger partial charge in [0.05, 0.1) is 18.5 Å². The summed E-state index contributed by atoms with van der Waals surface area (Å²) in [6.07, 6.45) is 2.05. The van der Waals surface area contributed by atoms with Gasteiger partial charge in [0, 0.05) is 11.6 Å². The first kappa shape index (κ1) is 19.5. The molecule has 0 amide bonds. The zero-order valence-electron chi connectivity index (χ0n) is 16.5. The maximum absolute atomic E-state index is 11.9. The molecular weight excluding hydrogens is 378 g/mol. The van der Waals surface area contributed by atoms with Crippen molar-refractivity contribution in [2.45, 2.75) is 12.3 Å². The maximum atomic E-state index is 11.9. The summed E-state index contributed by atoms with van der Waals surface area (Å²) in [7, 11) is 1.59. The van der Waals surface area contributed by atoms with Crippen LogP contribution in [0.25, 0.3) is 10.9 Å². The van der Waals surface area contributed by atoms with Crippen LogP contribution in [0.4, 0.5) is 0 Å². The second-order valence-corrected chi connectivity index (χ2v) is 6.90. The Bertz CT molecular complexity index is 1170. The average molecular weight is 399 g/mol. The molecule has 0 aliphatic carbocycles. The lowest BCUT2D eigenvalue weighted by Gasteiger charge is -2.16. The van der Waals surface area contributed by atoms with Gasteiger partial charge in [-0.1, -0.05) is 42.5 Å². The molecule has 1 atom stereocenters. The average Bonchev–Trinajstić information content (AvgIpc) is 2.78. The van der Waals surface area contributed by atoms with Crippen LogP contribution in [0.1, 0.15) is 17.0 Å². The van der Waals surface area contributed by atoms with Gasteiger partial charge in [0.1, 0.15) is 17.2 Å². The van der Waals surface area contributed by atoms with Crippen LogP contribution in [0, 0.1) is 0 Å². The van der Waals surface area contributed by atoms with Gasteiger partial charge >= 0.3 is 5.97 Å². The number of nitrogens with zero attached hydrogens (tertiary/aromatic N) is 1. The second kappa shape index (κ2) is 8.66. The maximum Gasteiger partial charge on any atom is 0.311 e. The molecule has 5 nitrogen and oxygen atoms in total. The highest BCUT2D eigenvalue weighted by Gasteiger charge is 2.22. The zero-order chi connectivity index (χ0) is 20.9. The lowest BCUT2D eigenvalue weighted by molar-refractivity contribution is -0.138. The number of para-hydroxylation sites is 2. The molecule has 0 saturated heterocycles. The number of carbonyl (C=O) groups is 1. The summed E-state index contributed by atoms with van der Waals surface area (Å²) in [4.78, 5) is 16.3. The number of hydrogen-bond donors (Lipinski definition) is 1. The van der Waals surface area contributed by atoms with E-state index in [1.165, 1.54) is 0 Å².